The Hall–Kier alpha value is -0.830. The molecule has 0 saturated heterocycles. The van der Waals surface area contributed by atoms with Gasteiger partial charge in [-0.3, -0.25) is 0 Å². The molecule has 0 bridgehead atoms. The van der Waals surface area contributed by atoms with E-state index >= 15 is 0 Å². The van der Waals surface area contributed by atoms with Crippen molar-refractivity contribution in [1.82, 2.24) is 9.55 Å². The van der Waals surface area contributed by atoms with Gasteiger partial charge >= 0.3 is 0 Å². The van der Waals surface area contributed by atoms with Crippen LogP contribution in [0.3, 0.4) is 0 Å². The maximum atomic E-state index is 5.60. The molecule has 1 saturated carbocycles. The summed E-state index contributed by atoms with van der Waals surface area (Å²) in [5.74, 6) is 1.98. The maximum absolute atomic E-state index is 5.60. The number of aromatic nitrogens is 2. The van der Waals surface area contributed by atoms with Crippen molar-refractivity contribution in [3.63, 3.8) is 0 Å². The molecule has 2 rings (SSSR count). The van der Waals surface area contributed by atoms with E-state index in [1.165, 1.54) is 24.4 Å². The molecule has 0 unspecified atom stereocenters. The van der Waals surface area contributed by atoms with Crippen LogP contribution < -0.4 is 5.73 Å². The number of nitrogens with zero attached hydrogens (tertiary/aromatic N) is 2. The fourth-order valence-corrected chi connectivity index (χ4v) is 1.62. The Morgan fingerprint density at radius 1 is 1.67 bits per heavy atom. The molecule has 1 heterocycles. The molecule has 0 spiro atoms. The second-order valence-electron chi connectivity index (χ2n) is 3.33. The largest absolute Gasteiger partial charge is 0.331 e. The summed E-state index contributed by atoms with van der Waals surface area (Å²) in [5.41, 5.74) is 6.77. The van der Waals surface area contributed by atoms with Crippen LogP contribution in [0.2, 0.25) is 0 Å². The third-order valence-corrected chi connectivity index (χ3v) is 2.44. The zero-order valence-electron chi connectivity index (χ0n) is 7.45. The molecule has 1 aliphatic rings. The van der Waals surface area contributed by atoms with Crippen LogP contribution in [0.1, 0.15) is 37.2 Å². The summed E-state index contributed by atoms with van der Waals surface area (Å²) in [5, 5.41) is 0. The molecule has 0 amide bonds. The first-order valence-corrected chi connectivity index (χ1v) is 4.61. The molecule has 1 aromatic rings. The van der Waals surface area contributed by atoms with Gasteiger partial charge in [0, 0.05) is 25.2 Å². The zero-order valence-corrected chi connectivity index (χ0v) is 7.45. The van der Waals surface area contributed by atoms with Crippen molar-refractivity contribution in [3.8, 4) is 0 Å². The van der Waals surface area contributed by atoms with Gasteiger partial charge in [-0.2, -0.15) is 0 Å². The Kier molecular flexibility index (Phi) is 1.89. The predicted molar refractivity (Wildman–Crippen MR) is 47.8 cm³/mol. The summed E-state index contributed by atoms with van der Waals surface area (Å²) in [4.78, 5) is 4.40. The molecular formula is C9H15N3. The minimum Gasteiger partial charge on any atom is -0.331 e. The van der Waals surface area contributed by atoms with Crippen molar-refractivity contribution in [2.45, 2.75) is 38.8 Å². The van der Waals surface area contributed by atoms with Crippen LogP contribution in [0, 0.1) is 0 Å². The van der Waals surface area contributed by atoms with Gasteiger partial charge in [0.2, 0.25) is 0 Å². The van der Waals surface area contributed by atoms with Gasteiger partial charge in [-0.15, -0.1) is 0 Å². The molecule has 2 N–H and O–H groups in total. The lowest BCUT2D eigenvalue weighted by Gasteiger charge is -2.06. The van der Waals surface area contributed by atoms with Gasteiger partial charge in [-0.25, -0.2) is 4.98 Å². The highest BCUT2D eigenvalue weighted by atomic mass is 15.1. The van der Waals surface area contributed by atoms with Crippen molar-refractivity contribution >= 4 is 0 Å². The maximum Gasteiger partial charge on any atom is 0.112 e. The quantitative estimate of drug-likeness (QED) is 0.732. The van der Waals surface area contributed by atoms with Crippen molar-refractivity contribution in [2.24, 2.45) is 5.73 Å². The normalized spacial score (nSPS) is 16.8. The monoisotopic (exact) mass is 165 g/mol. The molecule has 0 aromatic carbocycles. The van der Waals surface area contributed by atoms with Crippen LogP contribution >= 0.6 is 0 Å². The topological polar surface area (TPSA) is 43.8 Å². The predicted octanol–water partition coefficient (Wildman–Crippen LogP) is 1.24. The minimum atomic E-state index is 0.605. The van der Waals surface area contributed by atoms with Crippen molar-refractivity contribution < 1.29 is 0 Å². The molecule has 1 aromatic heterocycles. The fraction of sp³-hybridized carbons (Fsp3) is 0.667. The van der Waals surface area contributed by atoms with E-state index in [0.717, 1.165) is 12.5 Å². The summed E-state index contributed by atoms with van der Waals surface area (Å²) < 4.78 is 2.25. The Morgan fingerprint density at radius 3 is 2.92 bits per heavy atom. The molecular weight excluding hydrogens is 150 g/mol. The van der Waals surface area contributed by atoms with Gasteiger partial charge in [0.15, 0.2) is 0 Å². The molecule has 66 valence electrons. The summed E-state index contributed by atoms with van der Waals surface area (Å²) in [6, 6.07) is 0. The first-order chi connectivity index (χ1) is 5.86. The Bertz CT molecular complexity index is 273. The second-order valence-corrected chi connectivity index (χ2v) is 3.33. The van der Waals surface area contributed by atoms with E-state index < -0.39 is 0 Å². The average Bonchev–Trinajstić information content (AvgIpc) is 2.85. The number of nitrogens with two attached hydrogens (primary N) is 1. The van der Waals surface area contributed by atoms with Gasteiger partial charge in [-0.05, 0) is 19.8 Å². The molecule has 1 aliphatic carbocycles. The minimum absolute atomic E-state index is 0.605. The highest BCUT2D eigenvalue weighted by Gasteiger charge is 2.28. The van der Waals surface area contributed by atoms with Crippen LogP contribution in [0.5, 0.6) is 0 Å². The van der Waals surface area contributed by atoms with E-state index in [9.17, 15) is 0 Å². The molecule has 0 atom stereocenters. The summed E-state index contributed by atoms with van der Waals surface area (Å²) in [6.45, 7) is 3.75. The fourth-order valence-electron chi connectivity index (χ4n) is 1.62. The highest BCUT2D eigenvalue weighted by molar-refractivity contribution is 5.13. The van der Waals surface area contributed by atoms with E-state index in [1.54, 1.807) is 0 Å². The second kappa shape index (κ2) is 2.90. The van der Waals surface area contributed by atoms with E-state index in [0.29, 0.717) is 6.54 Å². The Labute approximate surface area is 72.6 Å². The molecule has 0 aliphatic heterocycles. The smallest absolute Gasteiger partial charge is 0.112 e. The lowest BCUT2D eigenvalue weighted by Crippen LogP contribution is -2.08. The molecule has 3 nitrogen and oxygen atoms in total. The molecule has 0 radical (unpaired) electrons. The zero-order chi connectivity index (χ0) is 8.55. The summed E-state index contributed by atoms with van der Waals surface area (Å²) in [7, 11) is 0. The van der Waals surface area contributed by atoms with Gasteiger partial charge in [0.25, 0.3) is 0 Å². The van der Waals surface area contributed by atoms with E-state index in [1.807, 2.05) is 6.20 Å². The Morgan fingerprint density at radius 2 is 2.42 bits per heavy atom. The van der Waals surface area contributed by atoms with Crippen LogP contribution in [-0.2, 0) is 13.1 Å². The first-order valence-electron chi connectivity index (χ1n) is 4.61. The van der Waals surface area contributed by atoms with Crippen LogP contribution in [0.25, 0.3) is 0 Å². The van der Waals surface area contributed by atoms with Gasteiger partial charge < -0.3 is 10.3 Å². The van der Waals surface area contributed by atoms with Crippen LogP contribution in [-0.4, -0.2) is 9.55 Å². The first kappa shape index (κ1) is 7.80. The van der Waals surface area contributed by atoms with Crippen molar-refractivity contribution in [3.05, 3.63) is 17.7 Å². The van der Waals surface area contributed by atoms with Gasteiger partial charge in [0.1, 0.15) is 5.82 Å². The van der Waals surface area contributed by atoms with Crippen LogP contribution in [0.4, 0.5) is 0 Å². The number of hydrogen-bond donors (Lipinski definition) is 1. The number of rotatable bonds is 3. The van der Waals surface area contributed by atoms with E-state index in [-0.39, 0.29) is 0 Å². The molecule has 3 heteroatoms. The van der Waals surface area contributed by atoms with E-state index in [2.05, 4.69) is 16.5 Å². The third-order valence-electron chi connectivity index (χ3n) is 2.44. The summed E-state index contributed by atoms with van der Waals surface area (Å²) >= 11 is 0. The number of hydrogen-bond acceptors (Lipinski definition) is 2. The van der Waals surface area contributed by atoms with Crippen molar-refractivity contribution in [1.29, 1.82) is 0 Å². The Balaban J connectivity index is 2.33. The van der Waals surface area contributed by atoms with Gasteiger partial charge in [-0.1, -0.05) is 0 Å². The van der Waals surface area contributed by atoms with Gasteiger partial charge in [0.05, 0.1) is 5.69 Å². The highest BCUT2D eigenvalue weighted by Crippen LogP contribution is 2.39. The van der Waals surface area contributed by atoms with Crippen molar-refractivity contribution in [2.75, 3.05) is 0 Å². The molecule has 12 heavy (non-hydrogen) atoms. The lowest BCUT2D eigenvalue weighted by atomic mass is 10.4. The average molecular weight is 165 g/mol. The van der Waals surface area contributed by atoms with Crippen LogP contribution in [0.15, 0.2) is 6.20 Å². The van der Waals surface area contributed by atoms with E-state index in [4.69, 9.17) is 5.73 Å². The third kappa shape index (κ3) is 1.14. The molecule has 1 fully saturated rings. The standard InChI is InChI=1S/C9H15N3/c1-2-12-8(5-10)6-11-9(12)7-3-4-7/h6-7H,2-5,10H2,1H3. The SMILES string of the molecule is CCn1c(CN)cnc1C1CC1. The summed E-state index contributed by atoms with van der Waals surface area (Å²) in [6.07, 6.45) is 4.53. The lowest BCUT2D eigenvalue weighted by molar-refractivity contribution is 0.665. The number of imidazole rings is 1.